The molecule has 3 aromatic rings. The molecule has 0 saturated heterocycles. The van der Waals surface area contributed by atoms with E-state index in [2.05, 4.69) is 15.3 Å². The number of ether oxygens (including phenoxy) is 2. The van der Waals surface area contributed by atoms with Crippen LogP contribution in [0.15, 0.2) is 48.7 Å². The number of fused-ring (bicyclic) bond motifs is 1. The number of halogens is 3. The molecular weight excluding hydrogens is 441 g/mol. The first-order valence-electron chi connectivity index (χ1n) is 9.80. The van der Waals surface area contributed by atoms with Gasteiger partial charge in [-0.1, -0.05) is 6.07 Å². The van der Waals surface area contributed by atoms with Gasteiger partial charge in [0.15, 0.2) is 0 Å². The molecule has 174 valence electrons. The van der Waals surface area contributed by atoms with Gasteiger partial charge in [-0.3, -0.25) is 9.59 Å². The molecule has 2 amide bonds. The Labute approximate surface area is 187 Å². The molecule has 0 unspecified atom stereocenters. The third-order valence-corrected chi connectivity index (χ3v) is 4.52. The van der Waals surface area contributed by atoms with E-state index in [9.17, 15) is 22.8 Å². The Hall–Kier alpha value is -3.73. The molecule has 0 aliphatic rings. The number of nitrogens with zero attached hydrogens (tertiary/aromatic N) is 3. The first kappa shape index (κ1) is 23.9. The summed E-state index contributed by atoms with van der Waals surface area (Å²) in [7, 11) is 3.02. The van der Waals surface area contributed by atoms with Crippen molar-refractivity contribution in [3.8, 4) is 11.6 Å². The van der Waals surface area contributed by atoms with Gasteiger partial charge in [0.25, 0.3) is 5.91 Å². The molecule has 0 saturated carbocycles. The van der Waals surface area contributed by atoms with Crippen molar-refractivity contribution in [2.45, 2.75) is 6.18 Å². The highest BCUT2D eigenvalue weighted by atomic mass is 19.4. The van der Waals surface area contributed by atoms with Crippen LogP contribution in [0, 0.1) is 0 Å². The van der Waals surface area contributed by atoms with Gasteiger partial charge in [0.2, 0.25) is 11.8 Å². The zero-order valence-corrected chi connectivity index (χ0v) is 17.8. The molecule has 11 heteroatoms. The van der Waals surface area contributed by atoms with Crippen LogP contribution in [0.25, 0.3) is 10.9 Å². The van der Waals surface area contributed by atoms with Crippen molar-refractivity contribution >= 4 is 22.7 Å². The fourth-order valence-corrected chi connectivity index (χ4v) is 2.85. The summed E-state index contributed by atoms with van der Waals surface area (Å²) in [6.07, 6.45) is -3.78. The average molecular weight is 462 g/mol. The van der Waals surface area contributed by atoms with E-state index >= 15 is 0 Å². The van der Waals surface area contributed by atoms with Gasteiger partial charge >= 0.3 is 6.18 Å². The molecule has 3 rings (SSSR count). The zero-order valence-electron chi connectivity index (χ0n) is 17.8. The highest BCUT2D eigenvalue weighted by Gasteiger charge is 2.30. The minimum atomic E-state index is -4.48. The molecule has 0 aliphatic carbocycles. The molecule has 0 atom stereocenters. The Balaban J connectivity index is 1.67. The van der Waals surface area contributed by atoms with Crippen molar-refractivity contribution < 1.29 is 32.2 Å². The Kier molecular flexibility index (Phi) is 7.44. The van der Waals surface area contributed by atoms with Gasteiger partial charge < -0.3 is 19.7 Å². The molecule has 0 aliphatic heterocycles. The van der Waals surface area contributed by atoms with E-state index < -0.39 is 17.6 Å². The monoisotopic (exact) mass is 462 g/mol. The predicted octanol–water partition coefficient (Wildman–Crippen LogP) is 3.28. The van der Waals surface area contributed by atoms with Crippen LogP contribution in [0.4, 0.5) is 13.2 Å². The highest BCUT2D eigenvalue weighted by molar-refractivity contribution is 5.96. The lowest BCUT2D eigenvalue weighted by Crippen LogP contribution is -2.39. The predicted molar refractivity (Wildman–Crippen MR) is 113 cm³/mol. The van der Waals surface area contributed by atoms with Gasteiger partial charge in [-0.2, -0.15) is 13.2 Å². The van der Waals surface area contributed by atoms with E-state index in [-0.39, 0.29) is 24.0 Å². The van der Waals surface area contributed by atoms with Crippen LogP contribution in [-0.2, 0) is 15.7 Å². The number of benzene rings is 1. The summed E-state index contributed by atoms with van der Waals surface area (Å²) in [5.41, 5.74) is -0.202. The molecule has 1 aromatic carbocycles. The first-order valence-corrected chi connectivity index (χ1v) is 9.80. The molecule has 33 heavy (non-hydrogen) atoms. The normalized spacial score (nSPS) is 11.3. The second-order valence-corrected chi connectivity index (χ2v) is 7.04. The van der Waals surface area contributed by atoms with E-state index in [0.717, 1.165) is 12.1 Å². The van der Waals surface area contributed by atoms with Crippen LogP contribution in [0.5, 0.6) is 11.6 Å². The minimum Gasteiger partial charge on any atom is -0.439 e. The van der Waals surface area contributed by atoms with Crippen LogP contribution in [0.1, 0.15) is 16.1 Å². The number of pyridine rings is 2. The van der Waals surface area contributed by atoms with Crippen LogP contribution >= 0.6 is 0 Å². The Morgan fingerprint density at radius 2 is 1.91 bits per heavy atom. The molecule has 0 radical (unpaired) electrons. The van der Waals surface area contributed by atoms with Gasteiger partial charge in [-0.25, -0.2) is 9.97 Å². The molecule has 2 aromatic heterocycles. The lowest BCUT2D eigenvalue weighted by Gasteiger charge is -2.16. The number of methoxy groups -OCH3 is 1. The number of carbonyl (C=O) groups is 2. The van der Waals surface area contributed by atoms with Crippen LogP contribution < -0.4 is 10.1 Å². The fourth-order valence-electron chi connectivity index (χ4n) is 2.85. The van der Waals surface area contributed by atoms with Crippen molar-refractivity contribution in [2.75, 3.05) is 33.9 Å². The fraction of sp³-hybridized carbons (Fsp3) is 0.273. The molecule has 0 bridgehead atoms. The van der Waals surface area contributed by atoms with Crippen molar-refractivity contribution in [2.24, 2.45) is 0 Å². The number of likely N-dealkylation sites (N-methyl/N-ethyl adjacent to an activating group) is 1. The summed E-state index contributed by atoms with van der Waals surface area (Å²) in [6, 6.07) is 10.0. The van der Waals surface area contributed by atoms with Gasteiger partial charge in [-0.05, 0) is 30.3 Å². The largest absolute Gasteiger partial charge is 0.439 e. The number of amides is 2. The number of aromatic nitrogens is 2. The third kappa shape index (κ3) is 6.39. The van der Waals surface area contributed by atoms with Crippen molar-refractivity contribution in [3.05, 3.63) is 59.9 Å². The topological polar surface area (TPSA) is 93.7 Å². The maximum Gasteiger partial charge on any atom is 0.417 e. The maximum absolute atomic E-state index is 12.6. The van der Waals surface area contributed by atoms with Gasteiger partial charge in [-0.15, -0.1) is 0 Å². The van der Waals surface area contributed by atoms with Crippen LogP contribution in [-0.4, -0.2) is 60.5 Å². The van der Waals surface area contributed by atoms with Crippen molar-refractivity contribution in [3.63, 3.8) is 0 Å². The van der Waals surface area contributed by atoms with E-state index in [1.165, 1.54) is 25.1 Å². The van der Waals surface area contributed by atoms with Crippen LogP contribution in [0.2, 0.25) is 0 Å². The van der Waals surface area contributed by atoms with Crippen LogP contribution in [0.3, 0.4) is 0 Å². The lowest BCUT2D eigenvalue weighted by atomic mass is 10.2. The number of carbonyl (C=O) groups excluding carboxylic acids is 2. The first-order chi connectivity index (χ1) is 15.7. The molecular formula is C22H21F3N4O4. The summed E-state index contributed by atoms with van der Waals surface area (Å²) in [4.78, 5) is 33.7. The summed E-state index contributed by atoms with van der Waals surface area (Å²) in [5, 5.41) is 3.28. The zero-order chi connectivity index (χ0) is 24.0. The number of nitrogens with one attached hydrogen (secondary N) is 1. The summed E-state index contributed by atoms with van der Waals surface area (Å²) < 4.78 is 48.3. The van der Waals surface area contributed by atoms with Crippen molar-refractivity contribution in [1.29, 1.82) is 0 Å². The van der Waals surface area contributed by atoms with Gasteiger partial charge in [0.05, 0.1) is 24.2 Å². The van der Waals surface area contributed by atoms with Gasteiger partial charge in [0, 0.05) is 38.4 Å². The van der Waals surface area contributed by atoms with Crippen molar-refractivity contribution in [1.82, 2.24) is 20.2 Å². The SMILES string of the molecule is COCCNC(=O)CN(C)C(=O)c1ccc2cc(Oc3ccc(C(F)(F)F)cn3)ccc2n1. The molecule has 1 N–H and O–H groups in total. The Bertz CT molecular complexity index is 1140. The Morgan fingerprint density at radius 3 is 2.58 bits per heavy atom. The lowest BCUT2D eigenvalue weighted by molar-refractivity contribution is -0.137. The summed E-state index contributed by atoms with van der Waals surface area (Å²) in [5.74, 6) is -0.386. The summed E-state index contributed by atoms with van der Waals surface area (Å²) in [6.45, 7) is 0.587. The van der Waals surface area contributed by atoms with E-state index in [4.69, 9.17) is 9.47 Å². The maximum atomic E-state index is 12.6. The number of hydrogen-bond donors (Lipinski definition) is 1. The number of hydrogen-bond acceptors (Lipinski definition) is 6. The molecule has 0 spiro atoms. The molecule has 2 heterocycles. The minimum absolute atomic E-state index is 0.00695. The number of rotatable bonds is 8. The molecule has 8 nitrogen and oxygen atoms in total. The number of alkyl halides is 3. The third-order valence-electron chi connectivity index (χ3n) is 4.52. The Morgan fingerprint density at radius 1 is 1.12 bits per heavy atom. The quantitative estimate of drug-likeness (QED) is 0.517. The average Bonchev–Trinajstić information content (AvgIpc) is 2.78. The highest BCUT2D eigenvalue weighted by Crippen LogP contribution is 2.30. The summed E-state index contributed by atoms with van der Waals surface area (Å²) >= 11 is 0. The van der Waals surface area contributed by atoms with E-state index in [1.807, 2.05) is 0 Å². The smallest absolute Gasteiger partial charge is 0.417 e. The molecule has 0 fully saturated rings. The standard InChI is InChI=1S/C22H21F3N4O4/c1-29(13-19(30)26-9-10-32-2)21(31)18-6-3-14-11-16(5-7-17(14)28-18)33-20-8-4-15(12-27-20)22(23,24)25/h3-8,11-12H,9-10,13H2,1-2H3,(H,26,30). The second kappa shape index (κ2) is 10.3. The van der Waals surface area contributed by atoms with Gasteiger partial charge in [0.1, 0.15) is 11.4 Å². The van der Waals surface area contributed by atoms with E-state index in [0.29, 0.717) is 36.0 Å². The second-order valence-electron chi connectivity index (χ2n) is 7.04. The van der Waals surface area contributed by atoms with E-state index in [1.54, 1.807) is 24.3 Å².